The first kappa shape index (κ1) is 17.4. The summed E-state index contributed by atoms with van der Waals surface area (Å²) in [6, 6.07) is 0.278. The van der Waals surface area contributed by atoms with E-state index in [1.54, 1.807) is 11.3 Å². The van der Waals surface area contributed by atoms with Crippen molar-refractivity contribution in [3.63, 3.8) is 0 Å². The minimum absolute atomic E-state index is 0.278. The first-order valence-electron chi connectivity index (χ1n) is 7.26. The van der Waals surface area contributed by atoms with Gasteiger partial charge in [0.25, 0.3) is 0 Å². The maximum Gasteiger partial charge on any atom is 0.185 e. The van der Waals surface area contributed by atoms with Gasteiger partial charge in [-0.1, -0.05) is 0 Å². The van der Waals surface area contributed by atoms with E-state index in [1.807, 2.05) is 20.9 Å². The van der Waals surface area contributed by atoms with Gasteiger partial charge in [0.2, 0.25) is 0 Å². The summed E-state index contributed by atoms with van der Waals surface area (Å²) in [5.74, 6) is 0. The molecule has 1 aromatic heterocycles. The summed E-state index contributed by atoms with van der Waals surface area (Å²) in [6.45, 7) is 10.8. The lowest BCUT2D eigenvalue weighted by Gasteiger charge is -2.21. The Labute approximate surface area is 126 Å². The molecule has 1 atom stereocenters. The molecular weight excluding hydrogens is 274 g/mol. The molecule has 20 heavy (non-hydrogen) atoms. The molecule has 0 aliphatic carbocycles. The molecular formula is C14H27N3O2S. The van der Waals surface area contributed by atoms with Gasteiger partial charge in [-0.2, -0.15) is 0 Å². The molecule has 1 aromatic rings. The molecule has 0 amide bonds. The standard InChI is InChI=1S/C14H27N3O2S/c1-5-18-9-7-17(8-10-19-6-2)14-16-13(11-20-14)12(3)15-4/h11-12,15H,5-10H2,1-4H3. The molecule has 0 aliphatic rings. The molecule has 0 radical (unpaired) electrons. The average Bonchev–Trinajstić information content (AvgIpc) is 2.95. The van der Waals surface area contributed by atoms with Crippen LogP contribution in [0.25, 0.3) is 0 Å². The highest BCUT2D eigenvalue weighted by Crippen LogP contribution is 2.23. The average molecular weight is 301 g/mol. The maximum absolute atomic E-state index is 5.45. The van der Waals surface area contributed by atoms with Crippen LogP contribution in [0.2, 0.25) is 0 Å². The summed E-state index contributed by atoms with van der Waals surface area (Å²) in [6.07, 6.45) is 0. The van der Waals surface area contributed by atoms with Crippen LogP contribution in [-0.2, 0) is 9.47 Å². The normalized spacial score (nSPS) is 12.6. The molecule has 116 valence electrons. The summed E-state index contributed by atoms with van der Waals surface area (Å²) in [4.78, 5) is 6.95. The molecule has 1 rings (SSSR count). The third kappa shape index (κ3) is 5.75. The highest BCUT2D eigenvalue weighted by atomic mass is 32.1. The second kappa shape index (κ2) is 10.1. The van der Waals surface area contributed by atoms with Crippen LogP contribution in [0.15, 0.2) is 5.38 Å². The number of hydrogen-bond donors (Lipinski definition) is 1. The van der Waals surface area contributed by atoms with E-state index in [0.29, 0.717) is 0 Å². The van der Waals surface area contributed by atoms with Crippen molar-refractivity contribution in [1.29, 1.82) is 0 Å². The zero-order chi connectivity index (χ0) is 14.8. The number of hydrogen-bond acceptors (Lipinski definition) is 6. The van der Waals surface area contributed by atoms with E-state index in [9.17, 15) is 0 Å². The number of rotatable bonds is 11. The molecule has 1 heterocycles. The van der Waals surface area contributed by atoms with Gasteiger partial charge in [0, 0.05) is 37.7 Å². The lowest BCUT2D eigenvalue weighted by molar-refractivity contribution is 0.141. The molecule has 1 unspecified atom stereocenters. The Balaban J connectivity index is 2.62. The van der Waals surface area contributed by atoms with Gasteiger partial charge >= 0.3 is 0 Å². The van der Waals surface area contributed by atoms with Crippen LogP contribution in [0.3, 0.4) is 0 Å². The second-order valence-corrected chi connectivity index (χ2v) is 5.28. The van der Waals surface area contributed by atoms with Crippen molar-refractivity contribution in [2.24, 2.45) is 0 Å². The number of ether oxygens (including phenoxy) is 2. The van der Waals surface area contributed by atoms with Crippen LogP contribution in [-0.4, -0.2) is 51.5 Å². The van der Waals surface area contributed by atoms with Crippen LogP contribution in [0, 0.1) is 0 Å². The minimum atomic E-state index is 0.278. The number of aromatic nitrogens is 1. The number of nitrogens with one attached hydrogen (secondary N) is 1. The van der Waals surface area contributed by atoms with E-state index < -0.39 is 0 Å². The van der Waals surface area contributed by atoms with E-state index >= 15 is 0 Å². The van der Waals surface area contributed by atoms with Crippen LogP contribution in [0.4, 0.5) is 5.13 Å². The van der Waals surface area contributed by atoms with Crippen molar-refractivity contribution in [1.82, 2.24) is 10.3 Å². The summed E-state index contributed by atoms with van der Waals surface area (Å²) in [7, 11) is 1.95. The van der Waals surface area contributed by atoms with E-state index in [-0.39, 0.29) is 6.04 Å². The van der Waals surface area contributed by atoms with E-state index in [1.165, 1.54) is 0 Å². The lowest BCUT2D eigenvalue weighted by Crippen LogP contribution is -2.31. The van der Waals surface area contributed by atoms with E-state index in [0.717, 1.165) is 50.3 Å². The van der Waals surface area contributed by atoms with Gasteiger partial charge in [-0.25, -0.2) is 4.98 Å². The first-order valence-corrected chi connectivity index (χ1v) is 8.14. The van der Waals surface area contributed by atoms with Gasteiger partial charge in [0.15, 0.2) is 5.13 Å². The van der Waals surface area contributed by atoms with Crippen LogP contribution < -0.4 is 10.2 Å². The SMILES string of the molecule is CCOCCN(CCOCC)c1nc(C(C)NC)cs1. The van der Waals surface area contributed by atoms with Gasteiger partial charge in [-0.15, -0.1) is 11.3 Å². The van der Waals surface area contributed by atoms with Crippen molar-refractivity contribution in [3.05, 3.63) is 11.1 Å². The third-order valence-corrected chi connectivity index (χ3v) is 4.00. The molecule has 0 aromatic carbocycles. The fraction of sp³-hybridized carbons (Fsp3) is 0.786. The molecule has 0 spiro atoms. The summed E-state index contributed by atoms with van der Waals surface area (Å²) in [5, 5.41) is 6.37. The number of nitrogens with zero attached hydrogens (tertiary/aromatic N) is 2. The van der Waals surface area contributed by atoms with Crippen LogP contribution in [0.5, 0.6) is 0 Å². The van der Waals surface area contributed by atoms with Crippen LogP contribution in [0.1, 0.15) is 32.5 Å². The van der Waals surface area contributed by atoms with Gasteiger partial charge in [0.05, 0.1) is 18.9 Å². The number of thiazole rings is 1. The minimum Gasteiger partial charge on any atom is -0.380 e. The second-order valence-electron chi connectivity index (χ2n) is 4.45. The molecule has 0 fully saturated rings. The van der Waals surface area contributed by atoms with Gasteiger partial charge < -0.3 is 19.7 Å². The highest BCUT2D eigenvalue weighted by molar-refractivity contribution is 7.13. The monoisotopic (exact) mass is 301 g/mol. The zero-order valence-corrected chi connectivity index (χ0v) is 13.8. The topological polar surface area (TPSA) is 46.6 Å². The van der Waals surface area contributed by atoms with Crippen molar-refractivity contribution in [2.75, 3.05) is 51.5 Å². The Hall–Kier alpha value is -0.690. The first-order chi connectivity index (χ1) is 9.72. The predicted molar refractivity (Wildman–Crippen MR) is 84.8 cm³/mol. The van der Waals surface area contributed by atoms with Gasteiger partial charge in [0.1, 0.15) is 0 Å². The predicted octanol–water partition coefficient (Wildman–Crippen LogP) is 2.30. The summed E-state index contributed by atoms with van der Waals surface area (Å²) in [5.41, 5.74) is 1.09. The van der Waals surface area contributed by atoms with Crippen molar-refractivity contribution >= 4 is 16.5 Å². The van der Waals surface area contributed by atoms with Gasteiger partial charge in [-0.3, -0.25) is 0 Å². The highest BCUT2D eigenvalue weighted by Gasteiger charge is 2.13. The molecule has 0 bridgehead atoms. The Morgan fingerprint density at radius 3 is 2.35 bits per heavy atom. The molecule has 1 N–H and O–H groups in total. The van der Waals surface area contributed by atoms with Crippen molar-refractivity contribution in [3.8, 4) is 0 Å². The Morgan fingerprint density at radius 1 is 1.25 bits per heavy atom. The van der Waals surface area contributed by atoms with Crippen molar-refractivity contribution < 1.29 is 9.47 Å². The quantitative estimate of drug-likeness (QED) is 0.636. The van der Waals surface area contributed by atoms with E-state index in [4.69, 9.17) is 14.5 Å². The Morgan fingerprint density at radius 2 is 1.85 bits per heavy atom. The molecule has 6 heteroatoms. The Kier molecular flexibility index (Phi) is 8.77. The largest absolute Gasteiger partial charge is 0.380 e. The smallest absolute Gasteiger partial charge is 0.185 e. The Bertz CT molecular complexity index is 350. The fourth-order valence-electron chi connectivity index (χ4n) is 1.71. The molecule has 0 aliphatic heterocycles. The summed E-state index contributed by atoms with van der Waals surface area (Å²) >= 11 is 1.68. The maximum atomic E-state index is 5.45. The van der Waals surface area contributed by atoms with Crippen LogP contribution >= 0.6 is 11.3 Å². The van der Waals surface area contributed by atoms with Crippen molar-refractivity contribution in [2.45, 2.75) is 26.8 Å². The van der Waals surface area contributed by atoms with Gasteiger partial charge in [-0.05, 0) is 27.8 Å². The lowest BCUT2D eigenvalue weighted by atomic mass is 10.3. The molecule has 5 nitrogen and oxygen atoms in total. The van der Waals surface area contributed by atoms with E-state index in [2.05, 4.69) is 22.5 Å². The third-order valence-electron chi connectivity index (χ3n) is 3.08. The molecule has 0 saturated heterocycles. The fourth-order valence-corrected chi connectivity index (χ4v) is 2.68. The summed E-state index contributed by atoms with van der Waals surface area (Å²) < 4.78 is 10.9. The molecule has 0 saturated carbocycles. The zero-order valence-electron chi connectivity index (χ0n) is 13.0. The number of anilines is 1.